The van der Waals surface area contributed by atoms with Crippen molar-refractivity contribution >= 4 is 23.0 Å². The standard InChI is InChI=1S/C50H52N4O9/c1-32-26-34(28-51-29-43(56)40-15-17-42(55)48-41(40)16-19-46(57)52-48)12-18-44(32)60-24-25-61-49(58)37-13-10-33(11-14-37)31-62-39-9-5-8-38(27-39)47(36-6-3-2-4-7-36)53-50(59)63-45-30-54-22-20-35(45)21-23-54/h2-19,26-27,35,43,45,47,51,55-56H,20-25,28-31H2,1H3,(H,52,57)(H,53,59)/t43-,45?,47?/m0/s1. The summed E-state index contributed by atoms with van der Waals surface area (Å²) in [5.41, 5.74) is 5.53. The van der Waals surface area contributed by atoms with Gasteiger partial charge in [0.1, 0.15) is 43.2 Å². The largest absolute Gasteiger partial charge is 0.506 e. The average molecular weight is 853 g/mol. The number of H-pyrrole nitrogens is 1. The molecule has 0 saturated carbocycles. The van der Waals surface area contributed by atoms with Gasteiger partial charge in [-0.05, 0) is 115 Å². The van der Waals surface area contributed by atoms with E-state index >= 15 is 0 Å². The number of nitrogens with one attached hydrogen (secondary N) is 3. The normalized spacial score (nSPS) is 17.7. The molecule has 326 valence electrons. The number of hydrogen-bond acceptors (Lipinski definition) is 11. The molecular weight excluding hydrogens is 801 g/mol. The van der Waals surface area contributed by atoms with Crippen LogP contribution in [0.3, 0.4) is 0 Å². The Labute approximate surface area is 365 Å². The minimum atomic E-state index is -0.866. The van der Waals surface area contributed by atoms with Crippen LogP contribution < -0.4 is 25.7 Å². The van der Waals surface area contributed by atoms with Crippen LogP contribution in [-0.2, 0) is 22.6 Å². The minimum absolute atomic E-state index is 0.0565. The molecule has 13 heteroatoms. The smallest absolute Gasteiger partial charge is 0.408 e. The fourth-order valence-electron chi connectivity index (χ4n) is 8.39. The predicted octanol–water partition coefficient (Wildman–Crippen LogP) is 7.09. The number of hydrogen-bond donors (Lipinski definition) is 5. The molecule has 3 atom stereocenters. The van der Waals surface area contributed by atoms with E-state index in [0.29, 0.717) is 46.0 Å². The Morgan fingerprint density at radius 3 is 2.38 bits per heavy atom. The number of ether oxygens (including phenoxy) is 4. The summed E-state index contributed by atoms with van der Waals surface area (Å²) >= 11 is 0. The van der Waals surface area contributed by atoms with Gasteiger partial charge in [-0.25, -0.2) is 9.59 Å². The van der Waals surface area contributed by atoms with Crippen molar-refractivity contribution < 1.29 is 38.7 Å². The number of carbonyl (C=O) groups excluding carboxylic acids is 2. The Morgan fingerprint density at radius 2 is 1.62 bits per heavy atom. The van der Waals surface area contributed by atoms with Gasteiger partial charge in [-0.2, -0.15) is 0 Å². The fraction of sp³-hybridized carbons (Fsp3) is 0.300. The van der Waals surface area contributed by atoms with Gasteiger partial charge in [0.2, 0.25) is 5.56 Å². The summed E-state index contributed by atoms with van der Waals surface area (Å²) in [6.07, 6.45) is 0.740. The van der Waals surface area contributed by atoms with E-state index in [2.05, 4.69) is 20.5 Å². The maximum Gasteiger partial charge on any atom is 0.408 e. The predicted molar refractivity (Wildman–Crippen MR) is 238 cm³/mol. The lowest BCUT2D eigenvalue weighted by atomic mass is 9.86. The molecular formula is C50H52N4O9. The maximum atomic E-state index is 13.2. The first-order chi connectivity index (χ1) is 30.7. The van der Waals surface area contributed by atoms with Crippen molar-refractivity contribution in [1.82, 2.24) is 20.5 Å². The number of nitrogens with zero attached hydrogens (tertiary/aromatic N) is 1. The number of amides is 1. The number of aromatic hydroxyl groups is 1. The highest BCUT2D eigenvalue weighted by Gasteiger charge is 2.37. The molecule has 0 aliphatic carbocycles. The van der Waals surface area contributed by atoms with Crippen LogP contribution in [-0.4, -0.2) is 77.7 Å². The number of benzene rings is 5. The molecule has 0 radical (unpaired) electrons. The Kier molecular flexibility index (Phi) is 13.7. The third-order valence-electron chi connectivity index (χ3n) is 11.8. The van der Waals surface area contributed by atoms with E-state index in [-0.39, 0.29) is 43.8 Å². The molecule has 9 rings (SSSR count). The van der Waals surface area contributed by atoms with Gasteiger partial charge in [0.25, 0.3) is 0 Å². The molecule has 5 aromatic carbocycles. The third kappa shape index (κ3) is 10.9. The zero-order chi connectivity index (χ0) is 43.7. The summed E-state index contributed by atoms with van der Waals surface area (Å²) in [4.78, 5) is 42.8. The summed E-state index contributed by atoms with van der Waals surface area (Å²) in [6.45, 7) is 6.13. The van der Waals surface area contributed by atoms with Crippen molar-refractivity contribution in [2.45, 2.75) is 51.2 Å². The van der Waals surface area contributed by atoms with Crippen molar-refractivity contribution in [1.29, 1.82) is 0 Å². The summed E-state index contributed by atoms with van der Waals surface area (Å²) < 4.78 is 23.5. The monoisotopic (exact) mass is 852 g/mol. The number of aromatic nitrogens is 1. The van der Waals surface area contributed by atoms with Crippen molar-refractivity contribution in [3.63, 3.8) is 0 Å². The number of phenols is 1. The quantitative estimate of drug-likeness (QED) is 0.0469. The second-order valence-electron chi connectivity index (χ2n) is 16.1. The Bertz CT molecular complexity index is 2570. The molecule has 6 aromatic rings. The summed E-state index contributed by atoms with van der Waals surface area (Å²) in [6, 6.07) is 36.0. The molecule has 4 heterocycles. The van der Waals surface area contributed by atoms with E-state index in [9.17, 15) is 24.6 Å². The number of aromatic amines is 1. The van der Waals surface area contributed by atoms with E-state index in [1.54, 1.807) is 24.3 Å². The van der Waals surface area contributed by atoms with E-state index in [1.807, 2.05) is 91.9 Å². The second-order valence-corrected chi connectivity index (χ2v) is 16.1. The lowest BCUT2D eigenvalue weighted by Crippen LogP contribution is -2.52. The number of rotatable bonds is 17. The first-order valence-corrected chi connectivity index (χ1v) is 21.4. The van der Waals surface area contributed by atoms with Crippen molar-refractivity contribution in [3.8, 4) is 17.2 Å². The molecule has 63 heavy (non-hydrogen) atoms. The highest BCUT2D eigenvalue weighted by Crippen LogP contribution is 2.32. The van der Waals surface area contributed by atoms with Crippen LogP contribution in [0, 0.1) is 12.8 Å². The molecule has 5 N–H and O–H groups in total. The van der Waals surface area contributed by atoms with Gasteiger partial charge < -0.3 is 44.8 Å². The first kappa shape index (κ1) is 43.0. The Balaban J connectivity index is 0.773. The number of alkyl carbamates (subject to hydrolysis) is 1. The van der Waals surface area contributed by atoms with Crippen LogP contribution in [0.25, 0.3) is 10.9 Å². The molecule has 3 fully saturated rings. The summed E-state index contributed by atoms with van der Waals surface area (Å²) in [5, 5.41) is 28.0. The number of esters is 1. The SMILES string of the molecule is Cc1cc(CNC[C@H](O)c2ccc(O)c3[nH]c(=O)ccc23)ccc1OCCOC(=O)c1ccc(COc2cccc(C(NC(=O)OC3CN4CCC3CC4)c3ccccc3)c2)cc1. The molecule has 2 bridgehead atoms. The number of pyridine rings is 1. The van der Waals surface area contributed by atoms with Crippen LogP contribution in [0.5, 0.6) is 17.2 Å². The minimum Gasteiger partial charge on any atom is -0.506 e. The molecule has 3 aliphatic heterocycles. The first-order valence-electron chi connectivity index (χ1n) is 21.4. The van der Waals surface area contributed by atoms with E-state index in [4.69, 9.17) is 18.9 Å². The molecule has 1 amide bonds. The second kappa shape index (κ2) is 20.0. The number of piperidine rings is 3. The number of phenolic OH excluding ortho intramolecular Hbond substituents is 1. The lowest BCUT2D eigenvalue weighted by molar-refractivity contribution is -0.0336. The van der Waals surface area contributed by atoms with Crippen molar-refractivity contribution in [2.75, 3.05) is 39.4 Å². The maximum absolute atomic E-state index is 13.2. The molecule has 2 unspecified atom stereocenters. The number of fused-ring (bicyclic) bond motifs is 4. The highest BCUT2D eigenvalue weighted by molar-refractivity contribution is 5.89. The number of aliphatic hydroxyl groups is 1. The lowest BCUT2D eigenvalue weighted by Gasteiger charge is -2.43. The Hall–Kier alpha value is -6.67. The third-order valence-corrected chi connectivity index (χ3v) is 11.8. The van der Waals surface area contributed by atoms with Crippen molar-refractivity contribution in [3.05, 3.63) is 171 Å². The van der Waals surface area contributed by atoms with Gasteiger partial charge in [0.05, 0.1) is 23.2 Å². The van der Waals surface area contributed by atoms with Gasteiger partial charge in [-0.1, -0.05) is 72.8 Å². The molecule has 3 saturated heterocycles. The fourth-order valence-corrected chi connectivity index (χ4v) is 8.39. The van der Waals surface area contributed by atoms with Gasteiger partial charge in [0.15, 0.2) is 0 Å². The van der Waals surface area contributed by atoms with E-state index in [0.717, 1.165) is 60.3 Å². The molecule has 0 spiro atoms. The van der Waals surface area contributed by atoms with Gasteiger partial charge in [-0.15, -0.1) is 0 Å². The number of aliphatic hydroxyl groups excluding tert-OH is 1. The Morgan fingerprint density at radius 1 is 0.841 bits per heavy atom. The van der Waals surface area contributed by atoms with E-state index < -0.39 is 24.2 Å². The van der Waals surface area contributed by atoms with Crippen LogP contribution in [0.15, 0.2) is 126 Å². The number of carbonyl (C=O) groups is 2. The molecule has 13 nitrogen and oxygen atoms in total. The zero-order valence-corrected chi connectivity index (χ0v) is 35.1. The van der Waals surface area contributed by atoms with Crippen molar-refractivity contribution in [2.24, 2.45) is 5.92 Å². The highest BCUT2D eigenvalue weighted by atomic mass is 16.6. The van der Waals surface area contributed by atoms with Gasteiger partial charge in [0, 0.05) is 31.1 Å². The van der Waals surface area contributed by atoms with E-state index in [1.165, 1.54) is 12.1 Å². The van der Waals surface area contributed by atoms with Crippen LogP contribution in [0.2, 0.25) is 0 Å². The van der Waals surface area contributed by atoms with Crippen LogP contribution in [0.1, 0.15) is 68.7 Å². The summed E-state index contributed by atoms with van der Waals surface area (Å²) in [5.74, 6) is 1.21. The average Bonchev–Trinajstić information content (AvgIpc) is 3.30. The topological polar surface area (TPSA) is 172 Å². The van der Waals surface area contributed by atoms with Crippen LogP contribution in [0.4, 0.5) is 4.79 Å². The molecule has 3 aliphatic rings. The van der Waals surface area contributed by atoms with Gasteiger partial charge >= 0.3 is 12.1 Å². The summed E-state index contributed by atoms with van der Waals surface area (Å²) in [7, 11) is 0. The van der Waals surface area contributed by atoms with Gasteiger partial charge in [-0.3, -0.25) is 9.69 Å². The van der Waals surface area contributed by atoms with Crippen LogP contribution >= 0.6 is 0 Å². The molecule has 1 aromatic heterocycles. The number of aryl methyl sites for hydroxylation is 1. The zero-order valence-electron chi connectivity index (χ0n) is 35.1.